The number of rotatable bonds is 2. The molecule has 0 aliphatic carbocycles. The molecular formula is C21H23NO4. The Kier molecular flexibility index (Phi) is 4.32. The van der Waals surface area contributed by atoms with Crippen molar-refractivity contribution in [3.8, 4) is 16.9 Å². The van der Waals surface area contributed by atoms with E-state index in [-0.39, 0.29) is 5.92 Å². The number of fused-ring (bicyclic) bond motifs is 3. The summed E-state index contributed by atoms with van der Waals surface area (Å²) in [6.07, 6.45) is -0.515. The van der Waals surface area contributed by atoms with Crippen molar-refractivity contribution in [1.82, 2.24) is 4.90 Å². The second-order valence-corrected chi connectivity index (χ2v) is 7.22. The maximum atomic E-state index is 11.4. The third kappa shape index (κ3) is 2.92. The van der Waals surface area contributed by atoms with Gasteiger partial charge in [-0.15, -0.1) is 0 Å². The first-order chi connectivity index (χ1) is 12.5. The molecule has 4 rings (SSSR count). The minimum Gasteiger partial charge on any atom is -0.493 e. The molecule has 136 valence electrons. The monoisotopic (exact) mass is 353 g/mol. The number of para-hydroxylation sites is 1. The molecule has 0 radical (unpaired) electrons. The van der Waals surface area contributed by atoms with Gasteiger partial charge in [0.15, 0.2) is 0 Å². The molecule has 5 heteroatoms. The van der Waals surface area contributed by atoms with Gasteiger partial charge in [0.25, 0.3) is 0 Å². The Labute approximate surface area is 152 Å². The Morgan fingerprint density at radius 1 is 1.23 bits per heavy atom. The van der Waals surface area contributed by atoms with Crippen LogP contribution in [-0.2, 0) is 0 Å². The van der Waals surface area contributed by atoms with Crippen LogP contribution in [0.15, 0.2) is 42.5 Å². The average molecular weight is 353 g/mol. The first-order valence-corrected chi connectivity index (χ1v) is 9.06. The molecule has 1 amide bonds. The largest absolute Gasteiger partial charge is 0.493 e. The minimum absolute atomic E-state index is 0.170. The van der Waals surface area contributed by atoms with Crippen molar-refractivity contribution in [3.63, 3.8) is 0 Å². The summed E-state index contributed by atoms with van der Waals surface area (Å²) in [7, 11) is 0. The van der Waals surface area contributed by atoms with Crippen LogP contribution in [0.3, 0.4) is 0 Å². The zero-order valence-electron chi connectivity index (χ0n) is 14.8. The van der Waals surface area contributed by atoms with E-state index in [1.807, 2.05) is 36.4 Å². The van der Waals surface area contributed by atoms with Crippen molar-refractivity contribution in [2.75, 3.05) is 19.7 Å². The Morgan fingerprint density at radius 3 is 2.81 bits per heavy atom. The van der Waals surface area contributed by atoms with Crippen molar-refractivity contribution in [1.29, 1.82) is 0 Å². The summed E-state index contributed by atoms with van der Waals surface area (Å²) in [6, 6.07) is 14.0. The number of aliphatic hydroxyl groups excluding tert-OH is 1. The van der Waals surface area contributed by atoms with E-state index in [1.54, 1.807) is 6.92 Å². The normalized spacial score (nSPS) is 22.8. The molecule has 3 atom stereocenters. The fourth-order valence-corrected chi connectivity index (χ4v) is 4.19. The zero-order chi connectivity index (χ0) is 18.3. The van der Waals surface area contributed by atoms with Crippen LogP contribution >= 0.6 is 0 Å². The molecule has 1 unspecified atom stereocenters. The number of hydrogen-bond acceptors (Lipinski definition) is 3. The van der Waals surface area contributed by atoms with Gasteiger partial charge < -0.3 is 19.8 Å². The van der Waals surface area contributed by atoms with E-state index in [1.165, 1.54) is 4.90 Å². The number of nitrogens with zero attached hydrogens (tertiary/aromatic N) is 1. The predicted octanol–water partition coefficient (Wildman–Crippen LogP) is 3.88. The smallest absolute Gasteiger partial charge is 0.407 e. The number of carboxylic acid groups (broad SMARTS) is 1. The van der Waals surface area contributed by atoms with E-state index >= 15 is 0 Å². The van der Waals surface area contributed by atoms with Crippen LogP contribution in [-0.4, -0.2) is 40.9 Å². The van der Waals surface area contributed by atoms with Crippen LogP contribution in [0.1, 0.15) is 36.5 Å². The highest BCUT2D eigenvalue weighted by Crippen LogP contribution is 2.45. The standard InChI is InChI=1S/C21H23NO4/c1-13(23)14-4-2-5-15(10-14)17-6-3-7-18-19-12-22(21(24)25)11-16(19)8-9-26-20(17)18/h2-7,10,13,16,19,23H,8-9,11-12H2,1H3,(H,24,25)/t13?,16-,19-/m0/s1. The molecule has 2 aliphatic rings. The molecule has 0 bridgehead atoms. The van der Waals surface area contributed by atoms with Gasteiger partial charge in [-0.2, -0.15) is 0 Å². The molecule has 1 saturated heterocycles. The Morgan fingerprint density at radius 2 is 2.04 bits per heavy atom. The van der Waals surface area contributed by atoms with E-state index < -0.39 is 12.2 Å². The molecule has 5 nitrogen and oxygen atoms in total. The first kappa shape index (κ1) is 16.9. The summed E-state index contributed by atoms with van der Waals surface area (Å²) in [5.41, 5.74) is 3.96. The maximum absolute atomic E-state index is 11.4. The summed E-state index contributed by atoms with van der Waals surface area (Å²) in [5.74, 6) is 1.32. The quantitative estimate of drug-likeness (QED) is 0.859. The third-order valence-electron chi connectivity index (χ3n) is 5.57. The Bertz CT molecular complexity index is 833. The topological polar surface area (TPSA) is 70.0 Å². The number of benzene rings is 2. The van der Waals surface area contributed by atoms with Crippen molar-refractivity contribution in [3.05, 3.63) is 53.6 Å². The lowest BCUT2D eigenvalue weighted by Gasteiger charge is -2.19. The fourth-order valence-electron chi connectivity index (χ4n) is 4.19. The molecule has 0 aromatic heterocycles. The maximum Gasteiger partial charge on any atom is 0.407 e. The third-order valence-corrected chi connectivity index (χ3v) is 5.57. The van der Waals surface area contributed by atoms with E-state index in [4.69, 9.17) is 4.74 Å². The number of ether oxygens (including phenoxy) is 1. The van der Waals surface area contributed by atoms with Gasteiger partial charge in [0.2, 0.25) is 0 Å². The summed E-state index contributed by atoms with van der Waals surface area (Å²) in [4.78, 5) is 12.9. The Balaban J connectivity index is 1.77. The SMILES string of the molecule is CC(O)c1cccc(-c2cccc3c2OCC[C@H]2CN(C(=O)O)C[C@H]32)c1. The molecule has 0 spiro atoms. The van der Waals surface area contributed by atoms with E-state index in [2.05, 4.69) is 6.07 Å². The first-order valence-electron chi connectivity index (χ1n) is 9.06. The summed E-state index contributed by atoms with van der Waals surface area (Å²) in [5, 5.41) is 19.3. The molecular weight excluding hydrogens is 330 g/mol. The van der Waals surface area contributed by atoms with Crippen LogP contribution in [0.2, 0.25) is 0 Å². The predicted molar refractivity (Wildman–Crippen MR) is 98.5 cm³/mol. The van der Waals surface area contributed by atoms with Crippen LogP contribution in [0.4, 0.5) is 4.79 Å². The lowest BCUT2D eigenvalue weighted by molar-refractivity contribution is 0.152. The lowest BCUT2D eigenvalue weighted by atomic mass is 9.85. The molecule has 2 aromatic rings. The van der Waals surface area contributed by atoms with Gasteiger partial charge in [-0.1, -0.05) is 36.4 Å². The number of hydrogen-bond donors (Lipinski definition) is 2. The zero-order valence-corrected chi connectivity index (χ0v) is 14.8. The second-order valence-electron chi connectivity index (χ2n) is 7.22. The van der Waals surface area contributed by atoms with E-state index in [0.29, 0.717) is 25.6 Å². The Hall–Kier alpha value is -2.53. The number of carbonyl (C=O) groups is 1. The van der Waals surface area contributed by atoms with Crippen molar-refractivity contribution < 1.29 is 19.7 Å². The molecule has 2 N–H and O–H groups in total. The van der Waals surface area contributed by atoms with E-state index in [9.17, 15) is 15.0 Å². The van der Waals surface area contributed by atoms with Gasteiger partial charge >= 0.3 is 6.09 Å². The summed E-state index contributed by atoms with van der Waals surface area (Å²) in [6.45, 7) is 3.44. The van der Waals surface area contributed by atoms with Gasteiger partial charge in [0, 0.05) is 24.6 Å². The number of aliphatic hydroxyl groups is 1. The molecule has 0 saturated carbocycles. The minimum atomic E-state index is -0.846. The van der Waals surface area contributed by atoms with Crippen LogP contribution in [0.25, 0.3) is 11.1 Å². The molecule has 1 fully saturated rings. The fraction of sp³-hybridized carbons (Fsp3) is 0.381. The van der Waals surface area contributed by atoms with Gasteiger partial charge in [0.1, 0.15) is 5.75 Å². The van der Waals surface area contributed by atoms with Crippen molar-refractivity contribution >= 4 is 6.09 Å². The second kappa shape index (κ2) is 6.65. The number of amides is 1. The molecule has 2 aliphatic heterocycles. The highest BCUT2D eigenvalue weighted by molar-refractivity contribution is 5.74. The highest BCUT2D eigenvalue weighted by Gasteiger charge is 2.39. The van der Waals surface area contributed by atoms with Gasteiger partial charge in [0.05, 0.1) is 12.7 Å². The van der Waals surface area contributed by atoms with Crippen LogP contribution < -0.4 is 4.74 Å². The van der Waals surface area contributed by atoms with Gasteiger partial charge in [-0.3, -0.25) is 0 Å². The lowest BCUT2D eigenvalue weighted by Crippen LogP contribution is -2.27. The van der Waals surface area contributed by atoms with Crippen molar-refractivity contribution in [2.24, 2.45) is 5.92 Å². The van der Waals surface area contributed by atoms with Gasteiger partial charge in [-0.05, 0) is 42.0 Å². The van der Waals surface area contributed by atoms with Crippen LogP contribution in [0, 0.1) is 5.92 Å². The summed E-state index contributed by atoms with van der Waals surface area (Å²) < 4.78 is 6.14. The average Bonchev–Trinajstić information content (AvgIpc) is 2.98. The molecule has 26 heavy (non-hydrogen) atoms. The highest BCUT2D eigenvalue weighted by atomic mass is 16.5. The van der Waals surface area contributed by atoms with Crippen molar-refractivity contribution in [2.45, 2.75) is 25.4 Å². The molecule has 2 heterocycles. The van der Waals surface area contributed by atoms with Gasteiger partial charge in [-0.25, -0.2) is 4.79 Å². The number of likely N-dealkylation sites (tertiary alicyclic amines) is 1. The summed E-state index contributed by atoms with van der Waals surface area (Å²) >= 11 is 0. The van der Waals surface area contributed by atoms with Crippen LogP contribution in [0.5, 0.6) is 5.75 Å². The molecule has 2 aromatic carbocycles. The van der Waals surface area contributed by atoms with E-state index in [0.717, 1.165) is 34.4 Å².